The summed E-state index contributed by atoms with van der Waals surface area (Å²) in [6, 6.07) is 50.0. The minimum atomic E-state index is 0.625. The zero-order chi connectivity index (χ0) is 31.6. The molecule has 48 heavy (non-hydrogen) atoms. The fourth-order valence-electron chi connectivity index (χ4n) is 6.56. The molecule has 0 aliphatic carbocycles. The van der Waals surface area contributed by atoms with Crippen LogP contribution in [0, 0.1) is 0 Å². The Morgan fingerprint density at radius 2 is 1.06 bits per heavy atom. The van der Waals surface area contributed by atoms with Gasteiger partial charge in [0.15, 0.2) is 17.5 Å². The Morgan fingerprint density at radius 3 is 1.85 bits per heavy atom. The second kappa shape index (κ2) is 10.7. The molecule has 0 N–H and O–H groups in total. The van der Waals surface area contributed by atoms with Gasteiger partial charge in [0.2, 0.25) is 0 Å². The van der Waals surface area contributed by atoms with Crippen molar-refractivity contribution in [2.24, 2.45) is 0 Å². The predicted octanol–water partition coefficient (Wildman–Crippen LogP) is 11.4. The fraction of sp³-hybridized carbons (Fsp3) is 0. The van der Waals surface area contributed by atoms with Gasteiger partial charge in [-0.05, 0) is 57.9 Å². The van der Waals surface area contributed by atoms with E-state index in [1.54, 1.807) is 11.3 Å². The van der Waals surface area contributed by atoms with E-state index in [1.165, 1.54) is 4.70 Å². The Balaban J connectivity index is 1.12. The van der Waals surface area contributed by atoms with Crippen molar-refractivity contribution < 1.29 is 4.42 Å². The van der Waals surface area contributed by atoms with Crippen molar-refractivity contribution in [1.82, 2.24) is 19.9 Å². The first kappa shape index (κ1) is 26.9. The Labute approximate surface area is 278 Å². The Hall–Kier alpha value is -6.24. The predicted molar refractivity (Wildman–Crippen MR) is 197 cm³/mol. The first-order valence-electron chi connectivity index (χ1n) is 15.8. The van der Waals surface area contributed by atoms with E-state index in [4.69, 9.17) is 24.4 Å². The monoisotopic (exact) mass is 632 g/mol. The van der Waals surface area contributed by atoms with Crippen LogP contribution in [-0.2, 0) is 0 Å². The number of furan rings is 1. The van der Waals surface area contributed by atoms with E-state index in [9.17, 15) is 0 Å². The van der Waals surface area contributed by atoms with Gasteiger partial charge in [0.05, 0.1) is 10.2 Å². The van der Waals surface area contributed by atoms with Crippen LogP contribution in [0.25, 0.3) is 98.4 Å². The molecule has 0 saturated carbocycles. The van der Waals surface area contributed by atoms with Gasteiger partial charge in [0.1, 0.15) is 16.2 Å². The molecule has 0 unspecified atom stereocenters. The summed E-state index contributed by atoms with van der Waals surface area (Å²) in [5, 5.41) is 7.74. The smallest absolute Gasteiger partial charge is 0.164 e. The topological polar surface area (TPSA) is 64.7 Å². The van der Waals surface area contributed by atoms with Crippen molar-refractivity contribution in [3.63, 3.8) is 0 Å². The van der Waals surface area contributed by atoms with Gasteiger partial charge in [-0.3, -0.25) is 0 Å². The highest BCUT2D eigenvalue weighted by Crippen LogP contribution is 2.37. The molecule has 0 amide bonds. The maximum absolute atomic E-state index is 6.14. The maximum atomic E-state index is 6.14. The van der Waals surface area contributed by atoms with Crippen LogP contribution in [0.3, 0.4) is 0 Å². The van der Waals surface area contributed by atoms with Crippen LogP contribution in [0.1, 0.15) is 0 Å². The van der Waals surface area contributed by atoms with Crippen LogP contribution in [0.4, 0.5) is 0 Å². The van der Waals surface area contributed by atoms with Gasteiger partial charge in [0.25, 0.3) is 0 Å². The molecule has 0 aliphatic rings. The third kappa shape index (κ3) is 4.46. The highest BCUT2D eigenvalue weighted by Gasteiger charge is 2.16. The number of aromatic nitrogens is 4. The summed E-state index contributed by atoms with van der Waals surface area (Å²) in [7, 11) is 0. The first-order valence-corrected chi connectivity index (χ1v) is 16.6. The number of fused-ring (bicyclic) bond motifs is 7. The third-order valence-corrected chi connectivity index (χ3v) is 9.98. The molecule has 0 saturated heterocycles. The number of nitrogens with zero attached hydrogens (tertiary/aromatic N) is 4. The summed E-state index contributed by atoms with van der Waals surface area (Å²) >= 11 is 1.72. The molecule has 0 fully saturated rings. The van der Waals surface area contributed by atoms with Crippen molar-refractivity contribution in [2.75, 3.05) is 0 Å². The molecular formula is C42H24N4OS. The summed E-state index contributed by atoms with van der Waals surface area (Å²) in [4.78, 5) is 20.0. The lowest BCUT2D eigenvalue weighted by molar-refractivity contribution is 0.669. The maximum Gasteiger partial charge on any atom is 0.164 e. The van der Waals surface area contributed by atoms with Crippen LogP contribution in [0.2, 0.25) is 0 Å². The Kier molecular flexibility index (Phi) is 5.98. The highest BCUT2D eigenvalue weighted by atomic mass is 32.1. The van der Waals surface area contributed by atoms with E-state index in [-0.39, 0.29) is 0 Å². The molecule has 5 nitrogen and oxygen atoms in total. The lowest BCUT2D eigenvalue weighted by Crippen LogP contribution is -2.00. The van der Waals surface area contributed by atoms with Gasteiger partial charge in [-0.25, -0.2) is 19.9 Å². The number of benzene rings is 7. The molecule has 0 spiro atoms. The fourth-order valence-corrected chi connectivity index (χ4v) is 7.56. The number of hydrogen-bond acceptors (Lipinski definition) is 6. The Morgan fingerprint density at radius 1 is 0.417 bits per heavy atom. The van der Waals surface area contributed by atoms with Crippen LogP contribution < -0.4 is 0 Å². The average molecular weight is 633 g/mol. The SMILES string of the molecule is c1ccc(-c2nc(-c3ccc4cc5sc(-c6ccccc6)nc5cc4c3)nc(-c3ccc4c(ccc5oc6ccccc6c54)c3)n2)cc1. The van der Waals surface area contributed by atoms with Gasteiger partial charge in [-0.1, -0.05) is 109 Å². The van der Waals surface area contributed by atoms with E-state index >= 15 is 0 Å². The zero-order valence-electron chi connectivity index (χ0n) is 25.5. The van der Waals surface area contributed by atoms with Gasteiger partial charge >= 0.3 is 0 Å². The van der Waals surface area contributed by atoms with Gasteiger partial charge in [-0.15, -0.1) is 11.3 Å². The largest absolute Gasteiger partial charge is 0.456 e. The van der Waals surface area contributed by atoms with Crippen LogP contribution >= 0.6 is 11.3 Å². The molecule has 10 rings (SSSR count). The quantitative estimate of drug-likeness (QED) is 0.193. The van der Waals surface area contributed by atoms with E-state index in [0.717, 1.165) is 76.3 Å². The van der Waals surface area contributed by atoms with Crippen molar-refractivity contribution in [1.29, 1.82) is 0 Å². The minimum Gasteiger partial charge on any atom is -0.456 e. The highest BCUT2D eigenvalue weighted by molar-refractivity contribution is 7.21. The van der Waals surface area contributed by atoms with E-state index in [0.29, 0.717) is 17.5 Å². The van der Waals surface area contributed by atoms with Crippen molar-refractivity contribution >= 4 is 65.0 Å². The molecule has 0 atom stereocenters. The van der Waals surface area contributed by atoms with E-state index in [1.807, 2.05) is 54.6 Å². The van der Waals surface area contributed by atoms with Crippen LogP contribution in [0.5, 0.6) is 0 Å². The summed E-state index contributed by atoms with van der Waals surface area (Å²) in [6.07, 6.45) is 0. The van der Waals surface area contributed by atoms with Crippen molar-refractivity contribution in [2.45, 2.75) is 0 Å². The second-order valence-electron chi connectivity index (χ2n) is 11.9. The molecule has 3 heterocycles. The molecule has 224 valence electrons. The van der Waals surface area contributed by atoms with E-state index < -0.39 is 0 Å². The summed E-state index contributed by atoms with van der Waals surface area (Å²) in [5.41, 5.74) is 6.68. The lowest BCUT2D eigenvalue weighted by Gasteiger charge is -2.10. The van der Waals surface area contributed by atoms with E-state index in [2.05, 4.69) is 91.0 Å². The second-order valence-corrected chi connectivity index (χ2v) is 12.9. The van der Waals surface area contributed by atoms with Gasteiger partial charge in [0, 0.05) is 33.0 Å². The first-order chi connectivity index (χ1) is 23.7. The molecule has 7 aromatic carbocycles. The molecule has 6 heteroatoms. The van der Waals surface area contributed by atoms with Crippen molar-refractivity contribution in [3.05, 3.63) is 146 Å². The Bertz CT molecular complexity index is 2840. The number of hydrogen-bond donors (Lipinski definition) is 0. The van der Waals surface area contributed by atoms with Gasteiger partial charge < -0.3 is 4.42 Å². The van der Waals surface area contributed by atoms with Crippen molar-refractivity contribution in [3.8, 4) is 44.7 Å². The van der Waals surface area contributed by atoms with Gasteiger partial charge in [-0.2, -0.15) is 0 Å². The zero-order valence-corrected chi connectivity index (χ0v) is 26.3. The average Bonchev–Trinajstić information content (AvgIpc) is 3.75. The standard InChI is InChI=1S/C42H24N4OS/c1-3-9-25(10-4-1)39-44-40(29-16-15-27-24-37-34(23-31(27)22-29)43-42(48-37)26-11-5-2-6-12-26)46-41(45-39)30-17-19-32-28(21-30)18-20-36-38(32)33-13-7-8-14-35(33)47-36/h1-24H. The van der Waals surface area contributed by atoms with Crippen LogP contribution in [-0.4, -0.2) is 19.9 Å². The molecule has 0 bridgehead atoms. The minimum absolute atomic E-state index is 0.625. The molecular weight excluding hydrogens is 609 g/mol. The summed E-state index contributed by atoms with van der Waals surface area (Å²) < 4.78 is 7.31. The molecule has 0 aliphatic heterocycles. The van der Waals surface area contributed by atoms with Crippen LogP contribution in [0.15, 0.2) is 150 Å². The molecule has 10 aromatic rings. The normalized spacial score (nSPS) is 11.8. The molecule has 0 radical (unpaired) electrons. The number of para-hydroxylation sites is 1. The summed E-state index contributed by atoms with van der Waals surface area (Å²) in [6.45, 7) is 0. The lowest BCUT2D eigenvalue weighted by atomic mass is 10.0. The number of rotatable bonds is 4. The summed E-state index contributed by atoms with van der Waals surface area (Å²) in [5.74, 6) is 1.88. The third-order valence-electron chi connectivity index (χ3n) is 8.91. The number of thiazole rings is 1. The molecule has 3 aromatic heterocycles.